The fourth-order valence-electron chi connectivity index (χ4n) is 2.77. The van der Waals surface area contributed by atoms with E-state index in [2.05, 4.69) is 5.32 Å². The van der Waals surface area contributed by atoms with Crippen LogP contribution in [0.3, 0.4) is 0 Å². The van der Waals surface area contributed by atoms with Gasteiger partial charge in [-0.15, -0.1) is 0 Å². The van der Waals surface area contributed by atoms with E-state index in [1.54, 1.807) is 4.90 Å². The Labute approximate surface area is 125 Å². The Balaban J connectivity index is 2.20. The van der Waals surface area contributed by atoms with Crippen LogP contribution in [0.4, 0.5) is 0 Å². The van der Waals surface area contributed by atoms with Crippen molar-refractivity contribution in [1.82, 2.24) is 10.2 Å². The van der Waals surface area contributed by atoms with Crippen molar-refractivity contribution in [1.29, 1.82) is 0 Å². The van der Waals surface area contributed by atoms with E-state index in [4.69, 9.17) is 5.11 Å². The summed E-state index contributed by atoms with van der Waals surface area (Å²) in [4.78, 5) is 36.2. The maximum atomic E-state index is 11.8. The lowest BCUT2D eigenvalue weighted by atomic mass is 10.1. The predicted molar refractivity (Wildman–Crippen MR) is 78.7 cm³/mol. The number of carbonyl (C=O) groups is 3. The molecule has 1 rings (SSSR count). The first-order valence-electron chi connectivity index (χ1n) is 7.77. The van der Waals surface area contributed by atoms with E-state index in [1.165, 1.54) is 0 Å². The number of amides is 2. The Hall–Kier alpha value is -1.59. The predicted octanol–water partition coefficient (Wildman–Crippen LogP) is 1.39. The number of hydrogen-bond donors (Lipinski definition) is 2. The highest BCUT2D eigenvalue weighted by molar-refractivity contribution is 5.79. The summed E-state index contributed by atoms with van der Waals surface area (Å²) < 4.78 is 0. The van der Waals surface area contributed by atoms with E-state index < -0.39 is 5.97 Å². The van der Waals surface area contributed by atoms with Gasteiger partial charge >= 0.3 is 5.97 Å². The first-order chi connectivity index (χ1) is 9.97. The van der Waals surface area contributed by atoms with Gasteiger partial charge in [0.1, 0.15) is 0 Å². The van der Waals surface area contributed by atoms with Crippen LogP contribution in [-0.2, 0) is 14.4 Å². The lowest BCUT2D eigenvalue weighted by molar-refractivity contribution is -0.141. The highest BCUT2D eigenvalue weighted by Crippen LogP contribution is 2.25. The zero-order chi connectivity index (χ0) is 15.8. The Morgan fingerprint density at radius 3 is 2.33 bits per heavy atom. The molecule has 0 saturated heterocycles. The van der Waals surface area contributed by atoms with Crippen LogP contribution in [0, 0.1) is 5.92 Å². The van der Waals surface area contributed by atoms with Crippen molar-refractivity contribution >= 4 is 17.8 Å². The van der Waals surface area contributed by atoms with Crippen LogP contribution in [0.15, 0.2) is 0 Å². The van der Waals surface area contributed by atoms with Gasteiger partial charge in [-0.3, -0.25) is 14.4 Å². The molecule has 1 aliphatic carbocycles. The molecule has 6 heteroatoms. The Bertz CT molecular complexity index is 380. The van der Waals surface area contributed by atoms with Crippen molar-refractivity contribution < 1.29 is 19.5 Å². The normalized spacial score (nSPS) is 21.0. The van der Waals surface area contributed by atoms with Gasteiger partial charge in [-0.2, -0.15) is 0 Å². The van der Waals surface area contributed by atoms with Gasteiger partial charge in [0.25, 0.3) is 0 Å². The summed E-state index contributed by atoms with van der Waals surface area (Å²) in [7, 11) is 0. The highest BCUT2D eigenvalue weighted by Gasteiger charge is 2.30. The summed E-state index contributed by atoms with van der Waals surface area (Å²) >= 11 is 0. The molecule has 1 fully saturated rings. The van der Waals surface area contributed by atoms with Crippen LogP contribution >= 0.6 is 0 Å². The van der Waals surface area contributed by atoms with Crippen molar-refractivity contribution in [2.75, 3.05) is 13.1 Å². The number of hydrogen-bond acceptors (Lipinski definition) is 3. The fraction of sp³-hybridized carbons (Fsp3) is 0.800. The van der Waals surface area contributed by atoms with E-state index in [1.807, 2.05) is 13.8 Å². The molecule has 1 saturated carbocycles. The molecule has 6 nitrogen and oxygen atoms in total. The average molecular weight is 298 g/mol. The zero-order valence-electron chi connectivity index (χ0n) is 12.9. The first-order valence-corrected chi connectivity index (χ1v) is 7.77. The van der Waals surface area contributed by atoms with Crippen LogP contribution in [0.1, 0.15) is 52.4 Å². The second kappa shape index (κ2) is 8.64. The maximum absolute atomic E-state index is 11.8. The smallest absolute Gasteiger partial charge is 0.306 e. The summed E-state index contributed by atoms with van der Waals surface area (Å²) in [6, 6.07) is -0.0305. The summed E-state index contributed by atoms with van der Waals surface area (Å²) in [6.07, 6.45) is 3.11. The number of carboxylic acids is 1. The minimum Gasteiger partial charge on any atom is -0.481 e. The average Bonchev–Trinajstić information content (AvgIpc) is 2.88. The third-order valence-corrected chi connectivity index (χ3v) is 4.06. The number of rotatable bonds is 8. The SMILES string of the molecule is CCN(CC)C(=O)CCCC(=O)N[C@@H]1CC[C@H](C(=O)O)C1. The molecule has 0 spiro atoms. The molecule has 2 amide bonds. The van der Waals surface area contributed by atoms with Gasteiger partial charge in [-0.1, -0.05) is 0 Å². The molecule has 0 bridgehead atoms. The van der Waals surface area contributed by atoms with Crippen LogP contribution in [0.2, 0.25) is 0 Å². The molecule has 2 atom stereocenters. The molecule has 21 heavy (non-hydrogen) atoms. The van der Waals surface area contributed by atoms with Crippen molar-refractivity contribution in [3.05, 3.63) is 0 Å². The third-order valence-electron chi connectivity index (χ3n) is 4.06. The fourth-order valence-corrected chi connectivity index (χ4v) is 2.77. The minimum absolute atomic E-state index is 0.0305. The topological polar surface area (TPSA) is 86.7 Å². The van der Waals surface area contributed by atoms with Gasteiger partial charge in [-0.25, -0.2) is 0 Å². The summed E-state index contributed by atoms with van der Waals surface area (Å²) in [5.74, 6) is -1.12. The molecule has 0 aliphatic heterocycles. The van der Waals surface area contributed by atoms with Gasteiger partial charge < -0.3 is 15.3 Å². The van der Waals surface area contributed by atoms with Crippen LogP contribution in [0.5, 0.6) is 0 Å². The Kier molecular flexibility index (Phi) is 7.19. The van der Waals surface area contributed by atoms with E-state index >= 15 is 0 Å². The number of aliphatic carboxylic acids is 1. The summed E-state index contributed by atoms with van der Waals surface area (Å²) in [5.41, 5.74) is 0. The van der Waals surface area contributed by atoms with E-state index in [9.17, 15) is 14.4 Å². The molecule has 0 aromatic carbocycles. The van der Waals surface area contributed by atoms with Crippen molar-refractivity contribution in [2.45, 2.75) is 58.4 Å². The van der Waals surface area contributed by atoms with Gasteiger partial charge in [-0.05, 0) is 39.5 Å². The minimum atomic E-state index is -0.781. The van der Waals surface area contributed by atoms with Crippen molar-refractivity contribution in [2.24, 2.45) is 5.92 Å². The zero-order valence-corrected chi connectivity index (χ0v) is 12.9. The summed E-state index contributed by atoms with van der Waals surface area (Å²) in [6.45, 7) is 5.26. The molecular formula is C15H26N2O4. The largest absolute Gasteiger partial charge is 0.481 e. The molecule has 0 aromatic rings. The molecule has 0 heterocycles. The van der Waals surface area contributed by atoms with Crippen LogP contribution < -0.4 is 5.32 Å². The second-order valence-electron chi connectivity index (χ2n) is 5.53. The lowest BCUT2D eigenvalue weighted by Gasteiger charge is -2.18. The van der Waals surface area contributed by atoms with E-state index in [0.717, 1.165) is 6.42 Å². The monoisotopic (exact) mass is 298 g/mol. The van der Waals surface area contributed by atoms with Crippen molar-refractivity contribution in [3.8, 4) is 0 Å². The van der Waals surface area contributed by atoms with Crippen molar-refractivity contribution in [3.63, 3.8) is 0 Å². The quantitative estimate of drug-likeness (QED) is 0.709. The van der Waals surface area contributed by atoms with Gasteiger partial charge in [0.05, 0.1) is 5.92 Å². The number of nitrogens with one attached hydrogen (secondary N) is 1. The van der Waals surface area contributed by atoms with Crippen LogP contribution in [0.25, 0.3) is 0 Å². The second-order valence-corrected chi connectivity index (χ2v) is 5.53. The Morgan fingerprint density at radius 1 is 1.14 bits per heavy atom. The number of nitrogens with zero attached hydrogens (tertiary/aromatic N) is 1. The first kappa shape index (κ1) is 17.5. The summed E-state index contributed by atoms with van der Waals surface area (Å²) in [5, 5.41) is 11.8. The number of carbonyl (C=O) groups excluding carboxylic acids is 2. The molecular weight excluding hydrogens is 272 g/mol. The number of carboxylic acid groups (broad SMARTS) is 1. The van der Waals surface area contributed by atoms with Gasteiger partial charge in [0, 0.05) is 32.0 Å². The van der Waals surface area contributed by atoms with E-state index in [0.29, 0.717) is 45.2 Å². The van der Waals surface area contributed by atoms with Crippen LogP contribution in [-0.4, -0.2) is 46.9 Å². The molecule has 120 valence electrons. The maximum Gasteiger partial charge on any atom is 0.306 e. The molecule has 0 radical (unpaired) electrons. The lowest BCUT2D eigenvalue weighted by Crippen LogP contribution is -2.34. The molecule has 1 aliphatic rings. The highest BCUT2D eigenvalue weighted by atomic mass is 16.4. The molecule has 0 unspecified atom stereocenters. The van der Waals surface area contributed by atoms with Gasteiger partial charge in [0.2, 0.25) is 11.8 Å². The van der Waals surface area contributed by atoms with Gasteiger partial charge in [0.15, 0.2) is 0 Å². The van der Waals surface area contributed by atoms with E-state index in [-0.39, 0.29) is 23.8 Å². The molecule has 2 N–H and O–H groups in total. The standard InChI is InChI=1S/C15H26N2O4/c1-3-17(4-2)14(19)7-5-6-13(18)16-12-9-8-11(10-12)15(20)21/h11-12H,3-10H2,1-2H3,(H,16,18)(H,20,21)/t11-,12+/m0/s1. The third kappa shape index (κ3) is 5.73. The molecule has 0 aromatic heterocycles. The Morgan fingerprint density at radius 2 is 1.81 bits per heavy atom.